The van der Waals surface area contributed by atoms with Gasteiger partial charge in [-0.15, -0.1) is 0 Å². The van der Waals surface area contributed by atoms with Crippen LogP contribution in [0.4, 0.5) is 0 Å². The Morgan fingerprint density at radius 3 is 2.19 bits per heavy atom. The Bertz CT molecular complexity index is 638. The maximum Gasteiger partial charge on any atom is 0.320 e. The van der Waals surface area contributed by atoms with E-state index in [0.717, 1.165) is 0 Å². The van der Waals surface area contributed by atoms with Gasteiger partial charge in [-0.2, -0.15) is 0 Å². The van der Waals surface area contributed by atoms with E-state index >= 15 is 0 Å². The van der Waals surface area contributed by atoms with E-state index in [1.54, 1.807) is 39.8 Å². The van der Waals surface area contributed by atoms with E-state index in [2.05, 4.69) is 0 Å². The fourth-order valence-electron chi connectivity index (χ4n) is 4.16. The first-order chi connectivity index (χ1) is 12.3. The molecule has 0 saturated heterocycles. The summed E-state index contributed by atoms with van der Waals surface area (Å²) in [5.74, 6) is -4.74. The standard InChI is InChI=1S/C19H26O7/c1-5-24-14(20)12-11-18(4)9-8-10-19(16(18)22,17(23)26-7-3)13(12)15(21)25-6-2/h8-9,12-13H,5-7,10-11H2,1-4H3/t12-,13+,18-,19-/m1/s1. The average Bonchev–Trinajstić information content (AvgIpc) is 2.57. The zero-order valence-electron chi connectivity index (χ0n) is 15.7. The average molecular weight is 366 g/mol. The lowest BCUT2D eigenvalue weighted by molar-refractivity contribution is -0.189. The SMILES string of the molecule is CCOC(=O)[C@@H]1[C@H](C(=O)OCC)C[C@@]2(C)C=CC[C@]1(C(=O)OCC)C2=O. The maximum absolute atomic E-state index is 13.3. The Hall–Kier alpha value is -2.18. The van der Waals surface area contributed by atoms with E-state index in [1.807, 2.05) is 0 Å². The first kappa shape index (κ1) is 20.1. The Morgan fingerprint density at radius 1 is 1.04 bits per heavy atom. The third kappa shape index (κ3) is 3.04. The van der Waals surface area contributed by atoms with Crippen LogP contribution in [0.3, 0.4) is 0 Å². The van der Waals surface area contributed by atoms with Gasteiger partial charge in [-0.25, -0.2) is 0 Å². The summed E-state index contributed by atoms with van der Waals surface area (Å²) in [4.78, 5) is 51.6. The number of hydrogen-bond acceptors (Lipinski definition) is 7. The molecule has 0 unspecified atom stereocenters. The van der Waals surface area contributed by atoms with Gasteiger partial charge in [0.2, 0.25) is 0 Å². The van der Waals surface area contributed by atoms with Gasteiger partial charge in [0.15, 0.2) is 5.78 Å². The summed E-state index contributed by atoms with van der Waals surface area (Å²) >= 11 is 0. The molecule has 0 aromatic carbocycles. The number of carbonyl (C=O) groups excluding carboxylic acids is 4. The second-order valence-corrected chi connectivity index (χ2v) is 6.84. The number of ketones is 1. The number of carbonyl (C=O) groups is 4. The van der Waals surface area contributed by atoms with Crippen molar-refractivity contribution in [1.29, 1.82) is 0 Å². The van der Waals surface area contributed by atoms with Gasteiger partial charge in [-0.1, -0.05) is 12.2 Å². The minimum Gasteiger partial charge on any atom is -0.466 e. The molecule has 2 bridgehead atoms. The van der Waals surface area contributed by atoms with Gasteiger partial charge in [0.05, 0.1) is 31.7 Å². The highest BCUT2D eigenvalue weighted by Crippen LogP contribution is 2.56. The monoisotopic (exact) mass is 366 g/mol. The van der Waals surface area contributed by atoms with Crippen LogP contribution in [0.15, 0.2) is 12.2 Å². The number of rotatable bonds is 6. The molecule has 0 aromatic heterocycles. The molecule has 4 atom stereocenters. The summed E-state index contributed by atoms with van der Waals surface area (Å²) in [6, 6.07) is 0. The molecule has 0 aliphatic heterocycles. The van der Waals surface area contributed by atoms with Gasteiger partial charge < -0.3 is 14.2 Å². The minimum absolute atomic E-state index is 0.000355. The zero-order chi connectivity index (χ0) is 19.5. The zero-order valence-corrected chi connectivity index (χ0v) is 15.7. The van der Waals surface area contributed by atoms with Crippen LogP contribution in [0.1, 0.15) is 40.5 Å². The van der Waals surface area contributed by atoms with Crippen LogP contribution in [0.25, 0.3) is 0 Å². The number of fused-ring (bicyclic) bond motifs is 2. The number of allylic oxidation sites excluding steroid dienone is 2. The predicted octanol–water partition coefficient (Wildman–Crippen LogP) is 1.83. The first-order valence-corrected chi connectivity index (χ1v) is 9.01. The smallest absolute Gasteiger partial charge is 0.320 e. The third-order valence-electron chi connectivity index (χ3n) is 5.20. The van der Waals surface area contributed by atoms with Crippen LogP contribution >= 0.6 is 0 Å². The summed E-state index contributed by atoms with van der Waals surface area (Å²) < 4.78 is 15.4. The lowest BCUT2D eigenvalue weighted by Gasteiger charge is -2.50. The Kier molecular flexibility index (Phi) is 5.88. The first-order valence-electron chi connectivity index (χ1n) is 9.01. The van der Waals surface area contributed by atoms with Crippen LogP contribution in [-0.4, -0.2) is 43.5 Å². The molecule has 0 amide bonds. The van der Waals surface area contributed by atoms with Gasteiger partial charge in [0.25, 0.3) is 0 Å². The van der Waals surface area contributed by atoms with Gasteiger partial charge in [0.1, 0.15) is 5.41 Å². The molecule has 1 fully saturated rings. The second kappa shape index (κ2) is 7.60. The van der Waals surface area contributed by atoms with Crippen LogP contribution in [0, 0.1) is 22.7 Å². The van der Waals surface area contributed by atoms with E-state index in [0.29, 0.717) is 0 Å². The van der Waals surface area contributed by atoms with Crippen molar-refractivity contribution in [2.24, 2.45) is 22.7 Å². The molecule has 2 aliphatic rings. The largest absolute Gasteiger partial charge is 0.466 e. The molecule has 144 valence electrons. The van der Waals surface area contributed by atoms with E-state index in [1.165, 1.54) is 0 Å². The van der Waals surface area contributed by atoms with Gasteiger partial charge in [-0.05, 0) is 40.5 Å². The quantitative estimate of drug-likeness (QED) is 0.306. The molecule has 2 rings (SSSR count). The van der Waals surface area contributed by atoms with Crippen LogP contribution in [0.2, 0.25) is 0 Å². The van der Waals surface area contributed by atoms with E-state index in [4.69, 9.17) is 14.2 Å². The van der Waals surface area contributed by atoms with Crippen molar-refractivity contribution in [3.8, 4) is 0 Å². The molecule has 26 heavy (non-hydrogen) atoms. The molecule has 0 radical (unpaired) electrons. The molecule has 1 saturated carbocycles. The number of Topliss-reactive ketones (excluding diaryl/α,β-unsaturated/α-hetero) is 1. The highest BCUT2D eigenvalue weighted by molar-refractivity contribution is 6.13. The van der Waals surface area contributed by atoms with Crippen molar-refractivity contribution in [2.75, 3.05) is 19.8 Å². The summed E-state index contributed by atoms with van der Waals surface area (Å²) in [5.41, 5.74) is -2.80. The predicted molar refractivity (Wildman–Crippen MR) is 90.8 cm³/mol. The van der Waals surface area contributed by atoms with Crippen molar-refractivity contribution >= 4 is 23.7 Å². The summed E-state index contributed by atoms with van der Waals surface area (Å²) in [5, 5.41) is 0. The van der Waals surface area contributed by atoms with E-state index < -0.39 is 46.4 Å². The molecule has 0 heterocycles. The number of esters is 3. The highest BCUT2D eigenvalue weighted by atomic mass is 16.5. The summed E-state index contributed by atoms with van der Waals surface area (Å²) in [6.45, 7) is 6.86. The Labute approximate surface area is 153 Å². The number of ether oxygens (including phenoxy) is 3. The fourth-order valence-corrected chi connectivity index (χ4v) is 4.16. The van der Waals surface area contributed by atoms with Gasteiger partial charge in [0, 0.05) is 5.41 Å². The molecular weight excluding hydrogens is 340 g/mol. The van der Waals surface area contributed by atoms with Crippen molar-refractivity contribution in [2.45, 2.75) is 40.5 Å². The Balaban J connectivity index is 2.64. The molecule has 0 spiro atoms. The highest BCUT2D eigenvalue weighted by Gasteiger charge is 2.68. The van der Waals surface area contributed by atoms with Crippen LogP contribution in [-0.2, 0) is 33.4 Å². The molecule has 2 aliphatic carbocycles. The Morgan fingerprint density at radius 2 is 1.62 bits per heavy atom. The van der Waals surface area contributed by atoms with Crippen LogP contribution in [0.5, 0.6) is 0 Å². The fraction of sp³-hybridized carbons (Fsp3) is 0.684. The minimum atomic E-state index is -1.76. The summed E-state index contributed by atoms with van der Waals surface area (Å²) in [6.07, 6.45) is 3.51. The molecule has 0 aromatic rings. The topological polar surface area (TPSA) is 96.0 Å². The van der Waals surface area contributed by atoms with Crippen molar-refractivity contribution < 1.29 is 33.4 Å². The lowest BCUT2D eigenvalue weighted by atomic mass is 9.49. The molecule has 7 heteroatoms. The van der Waals surface area contributed by atoms with Crippen molar-refractivity contribution in [1.82, 2.24) is 0 Å². The van der Waals surface area contributed by atoms with E-state index in [-0.39, 0.29) is 32.7 Å². The van der Waals surface area contributed by atoms with Gasteiger partial charge >= 0.3 is 17.9 Å². The van der Waals surface area contributed by atoms with Crippen molar-refractivity contribution in [3.05, 3.63) is 12.2 Å². The van der Waals surface area contributed by atoms with Gasteiger partial charge in [-0.3, -0.25) is 19.2 Å². The van der Waals surface area contributed by atoms with Crippen molar-refractivity contribution in [3.63, 3.8) is 0 Å². The van der Waals surface area contributed by atoms with E-state index in [9.17, 15) is 19.2 Å². The third-order valence-corrected chi connectivity index (χ3v) is 5.20. The molecular formula is C19H26O7. The molecule has 0 N–H and O–H groups in total. The molecule has 7 nitrogen and oxygen atoms in total. The van der Waals surface area contributed by atoms with Crippen LogP contribution < -0.4 is 0 Å². The lowest BCUT2D eigenvalue weighted by Crippen LogP contribution is -2.63. The summed E-state index contributed by atoms with van der Waals surface area (Å²) in [7, 11) is 0. The normalized spacial score (nSPS) is 32.7. The number of hydrogen-bond donors (Lipinski definition) is 0. The second-order valence-electron chi connectivity index (χ2n) is 6.84. The maximum atomic E-state index is 13.3.